The first-order chi connectivity index (χ1) is 8.60. The van der Waals surface area contributed by atoms with Crippen LogP contribution in [0.25, 0.3) is 0 Å². The molecule has 2 rings (SSSR count). The summed E-state index contributed by atoms with van der Waals surface area (Å²) in [4.78, 5) is 23.2. The van der Waals surface area contributed by atoms with E-state index in [1.807, 2.05) is 0 Å². The smallest absolute Gasteiger partial charge is 0.337 e. The fourth-order valence-electron chi connectivity index (χ4n) is 1.96. The predicted molar refractivity (Wildman–Crippen MR) is 67.1 cm³/mol. The number of carbonyl (C=O) groups is 2. The lowest BCUT2D eigenvalue weighted by Gasteiger charge is -2.31. The van der Waals surface area contributed by atoms with E-state index in [4.69, 9.17) is 5.73 Å². The molecule has 1 aliphatic rings. The van der Waals surface area contributed by atoms with Crippen molar-refractivity contribution in [1.82, 2.24) is 0 Å². The standard InChI is InChI=1S/C13H16N2O3/c1-18-13(17)8-3-2-4-11(7-8)15-12(16)9-5-10(14)6-9/h2-4,7,9-10H,5-6,14H2,1H3,(H,15,16). The van der Waals surface area contributed by atoms with E-state index < -0.39 is 5.97 Å². The topological polar surface area (TPSA) is 81.4 Å². The number of anilines is 1. The molecule has 5 heteroatoms. The van der Waals surface area contributed by atoms with Crippen molar-refractivity contribution in [1.29, 1.82) is 0 Å². The van der Waals surface area contributed by atoms with Gasteiger partial charge in [0.15, 0.2) is 0 Å². The maximum atomic E-state index is 11.8. The third-order valence-corrected chi connectivity index (χ3v) is 3.10. The number of ether oxygens (including phenoxy) is 1. The Morgan fingerprint density at radius 1 is 1.39 bits per heavy atom. The molecule has 1 aliphatic carbocycles. The molecule has 0 saturated heterocycles. The van der Waals surface area contributed by atoms with Gasteiger partial charge in [-0.3, -0.25) is 4.79 Å². The minimum Gasteiger partial charge on any atom is -0.465 e. The molecule has 18 heavy (non-hydrogen) atoms. The van der Waals surface area contributed by atoms with E-state index in [0.717, 1.165) is 12.8 Å². The van der Waals surface area contributed by atoms with Crippen LogP contribution in [0.5, 0.6) is 0 Å². The second-order valence-electron chi connectivity index (χ2n) is 4.49. The highest BCUT2D eigenvalue weighted by Gasteiger charge is 2.31. The molecule has 3 N–H and O–H groups in total. The summed E-state index contributed by atoms with van der Waals surface area (Å²) in [6, 6.07) is 6.82. The van der Waals surface area contributed by atoms with Crippen molar-refractivity contribution in [3.63, 3.8) is 0 Å². The van der Waals surface area contributed by atoms with E-state index in [1.165, 1.54) is 7.11 Å². The zero-order valence-electron chi connectivity index (χ0n) is 10.2. The molecule has 0 atom stereocenters. The highest BCUT2D eigenvalue weighted by molar-refractivity contribution is 5.95. The van der Waals surface area contributed by atoms with E-state index in [0.29, 0.717) is 11.3 Å². The molecule has 0 radical (unpaired) electrons. The molecule has 96 valence electrons. The molecule has 5 nitrogen and oxygen atoms in total. The Morgan fingerprint density at radius 3 is 2.72 bits per heavy atom. The van der Waals surface area contributed by atoms with Crippen LogP contribution in [0.15, 0.2) is 24.3 Å². The van der Waals surface area contributed by atoms with Gasteiger partial charge in [0.2, 0.25) is 5.91 Å². The maximum Gasteiger partial charge on any atom is 0.337 e. The van der Waals surface area contributed by atoms with Crippen LogP contribution < -0.4 is 11.1 Å². The first kappa shape index (κ1) is 12.6. The van der Waals surface area contributed by atoms with Gasteiger partial charge in [-0.05, 0) is 31.0 Å². The number of esters is 1. The Balaban J connectivity index is 2.01. The number of carbonyl (C=O) groups excluding carboxylic acids is 2. The molecule has 0 spiro atoms. The molecule has 1 amide bonds. The summed E-state index contributed by atoms with van der Waals surface area (Å²) in [6.45, 7) is 0. The Kier molecular flexibility index (Phi) is 3.62. The molecule has 0 aliphatic heterocycles. The van der Waals surface area contributed by atoms with Crippen LogP contribution >= 0.6 is 0 Å². The van der Waals surface area contributed by atoms with Crippen LogP contribution in [0.3, 0.4) is 0 Å². The van der Waals surface area contributed by atoms with Gasteiger partial charge in [0.25, 0.3) is 0 Å². The molecular formula is C13H16N2O3. The molecule has 0 aromatic heterocycles. The van der Waals surface area contributed by atoms with Crippen molar-refractivity contribution in [3.8, 4) is 0 Å². The van der Waals surface area contributed by atoms with Crippen molar-refractivity contribution in [2.24, 2.45) is 11.7 Å². The van der Waals surface area contributed by atoms with Gasteiger partial charge in [0, 0.05) is 17.6 Å². The highest BCUT2D eigenvalue weighted by atomic mass is 16.5. The molecule has 0 unspecified atom stereocenters. The number of rotatable bonds is 3. The minimum atomic E-state index is -0.420. The minimum absolute atomic E-state index is 0.0122. The Morgan fingerprint density at radius 2 is 2.11 bits per heavy atom. The Labute approximate surface area is 105 Å². The highest BCUT2D eigenvalue weighted by Crippen LogP contribution is 2.27. The third-order valence-electron chi connectivity index (χ3n) is 3.10. The average Bonchev–Trinajstić information content (AvgIpc) is 2.34. The van der Waals surface area contributed by atoms with Gasteiger partial charge in [-0.15, -0.1) is 0 Å². The first-order valence-corrected chi connectivity index (χ1v) is 5.85. The van der Waals surface area contributed by atoms with Gasteiger partial charge < -0.3 is 15.8 Å². The molecule has 1 fully saturated rings. The summed E-state index contributed by atoms with van der Waals surface area (Å²) in [5.74, 6) is -0.475. The largest absolute Gasteiger partial charge is 0.465 e. The van der Waals surface area contributed by atoms with Crippen molar-refractivity contribution >= 4 is 17.6 Å². The molecular weight excluding hydrogens is 232 g/mol. The van der Waals surface area contributed by atoms with Crippen LogP contribution in [-0.2, 0) is 9.53 Å². The summed E-state index contributed by atoms with van der Waals surface area (Å²) in [5, 5.41) is 2.78. The Bertz CT molecular complexity index is 467. The van der Waals surface area contributed by atoms with Gasteiger partial charge >= 0.3 is 5.97 Å². The van der Waals surface area contributed by atoms with Gasteiger partial charge in [0.05, 0.1) is 12.7 Å². The third kappa shape index (κ3) is 2.68. The lowest BCUT2D eigenvalue weighted by molar-refractivity contribution is -0.122. The number of nitrogens with one attached hydrogen (secondary N) is 1. The number of benzene rings is 1. The van der Waals surface area contributed by atoms with Crippen LogP contribution in [0.4, 0.5) is 5.69 Å². The fraction of sp³-hybridized carbons (Fsp3) is 0.385. The quantitative estimate of drug-likeness (QED) is 0.786. The number of nitrogens with two attached hydrogens (primary N) is 1. The number of methoxy groups -OCH3 is 1. The Hall–Kier alpha value is -1.88. The monoisotopic (exact) mass is 248 g/mol. The lowest BCUT2D eigenvalue weighted by Crippen LogP contribution is -2.42. The maximum absolute atomic E-state index is 11.8. The average molecular weight is 248 g/mol. The summed E-state index contributed by atoms with van der Waals surface area (Å²) in [6.07, 6.45) is 1.45. The van der Waals surface area contributed by atoms with Crippen LogP contribution in [0.1, 0.15) is 23.2 Å². The second-order valence-corrected chi connectivity index (χ2v) is 4.49. The van der Waals surface area contributed by atoms with Crippen LogP contribution in [0, 0.1) is 5.92 Å². The SMILES string of the molecule is COC(=O)c1cccc(NC(=O)C2CC(N)C2)c1. The summed E-state index contributed by atoms with van der Waals surface area (Å²) in [7, 11) is 1.32. The second kappa shape index (κ2) is 5.18. The summed E-state index contributed by atoms with van der Waals surface area (Å²) in [5.41, 5.74) is 6.66. The van der Waals surface area contributed by atoms with Gasteiger partial charge in [-0.25, -0.2) is 4.79 Å². The number of hydrogen-bond donors (Lipinski definition) is 2. The van der Waals surface area contributed by atoms with Crippen molar-refractivity contribution in [2.75, 3.05) is 12.4 Å². The van der Waals surface area contributed by atoms with E-state index in [9.17, 15) is 9.59 Å². The van der Waals surface area contributed by atoms with Gasteiger partial charge in [-0.2, -0.15) is 0 Å². The van der Waals surface area contributed by atoms with Crippen LogP contribution in [-0.4, -0.2) is 25.0 Å². The van der Waals surface area contributed by atoms with E-state index >= 15 is 0 Å². The fourth-order valence-corrected chi connectivity index (χ4v) is 1.96. The van der Waals surface area contributed by atoms with Gasteiger partial charge in [-0.1, -0.05) is 6.07 Å². The van der Waals surface area contributed by atoms with E-state index in [-0.39, 0.29) is 17.9 Å². The zero-order chi connectivity index (χ0) is 13.1. The molecule has 0 heterocycles. The van der Waals surface area contributed by atoms with E-state index in [2.05, 4.69) is 10.1 Å². The van der Waals surface area contributed by atoms with E-state index in [1.54, 1.807) is 24.3 Å². The molecule has 0 bridgehead atoms. The zero-order valence-corrected chi connectivity index (χ0v) is 10.2. The normalized spacial score (nSPS) is 21.9. The predicted octanol–water partition coefficient (Wildman–Crippen LogP) is 1.15. The molecule has 1 saturated carbocycles. The van der Waals surface area contributed by atoms with Crippen molar-refractivity contribution < 1.29 is 14.3 Å². The van der Waals surface area contributed by atoms with Gasteiger partial charge in [0.1, 0.15) is 0 Å². The van der Waals surface area contributed by atoms with Crippen molar-refractivity contribution in [2.45, 2.75) is 18.9 Å². The molecule has 1 aromatic rings. The molecule has 1 aromatic carbocycles. The van der Waals surface area contributed by atoms with Crippen molar-refractivity contribution in [3.05, 3.63) is 29.8 Å². The summed E-state index contributed by atoms with van der Waals surface area (Å²) < 4.78 is 4.62. The number of hydrogen-bond acceptors (Lipinski definition) is 4. The number of amides is 1. The summed E-state index contributed by atoms with van der Waals surface area (Å²) >= 11 is 0. The lowest BCUT2D eigenvalue weighted by atomic mass is 9.80. The van der Waals surface area contributed by atoms with Crippen LogP contribution in [0.2, 0.25) is 0 Å². The first-order valence-electron chi connectivity index (χ1n) is 5.85.